The van der Waals surface area contributed by atoms with E-state index in [4.69, 9.17) is 4.74 Å². The molecule has 2 heterocycles. The van der Waals surface area contributed by atoms with Gasteiger partial charge in [-0.3, -0.25) is 0 Å². The average Bonchev–Trinajstić information content (AvgIpc) is 2.38. The van der Waals surface area contributed by atoms with Gasteiger partial charge in [0, 0.05) is 19.3 Å². The van der Waals surface area contributed by atoms with Crippen LogP contribution >= 0.6 is 0 Å². The lowest BCUT2D eigenvalue weighted by molar-refractivity contribution is 0.0600. The first kappa shape index (κ1) is 11.9. The molecule has 92 valence electrons. The smallest absolute Gasteiger partial charge is 0.339 e. The van der Waals surface area contributed by atoms with E-state index in [-0.39, 0.29) is 5.97 Å². The number of aryl methyl sites for hydroxylation is 1. The van der Waals surface area contributed by atoms with Crippen molar-refractivity contribution in [3.63, 3.8) is 0 Å². The first-order chi connectivity index (χ1) is 8.22. The summed E-state index contributed by atoms with van der Waals surface area (Å²) in [5, 5.41) is 0. The molecule has 0 bridgehead atoms. The molecule has 0 unspecified atom stereocenters. The molecule has 1 fully saturated rings. The van der Waals surface area contributed by atoms with Crippen molar-refractivity contribution in [3.8, 4) is 0 Å². The number of carbonyl (C=O) groups excluding carboxylic acids is 1. The van der Waals surface area contributed by atoms with E-state index in [0.717, 1.165) is 37.7 Å². The predicted octanol–water partition coefficient (Wildman–Crippen LogP) is 1.01. The molecule has 1 aromatic heterocycles. The third-order valence-electron chi connectivity index (χ3n) is 2.78. The molecule has 0 N–H and O–H groups in total. The van der Waals surface area contributed by atoms with E-state index in [1.165, 1.54) is 7.11 Å². The Kier molecular flexibility index (Phi) is 3.58. The number of ether oxygens (including phenoxy) is 2. The second-order valence-electron chi connectivity index (χ2n) is 3.96. The maximum atomic E-state index is 11.4. The predicted molar refractivity (Wildman–Crippen MR) is 63.3 cm³/mol. The van der Waals surface area contributed by atoms with E-state index in [1.54, 1.807) is 6.20 Å². The minimum atomic E-state index is -0.353. The molecule has 1 aliphatic heterocycles. The number of morpholine rings is 1. The fraction of sp³-hybridized carbons (Fsp3) is 0.500. The quantitative estimate of drug-likeness (QED) is 0.717. The normalized spacial score (nSPS) is 15.8. The fourth-order valence-corrected chi connectivity index (χ4v) is 1.90. The van der Waals surface area contributed by atoms with Gasteiger partial charge in [-0.15, -0.1) is 0 Å². The lowest BCUT2D eigenvalue weighted by Crippen LogP contribution is -2.37. The third-order valence-corrected chi connectivity index (χ3v) is 2.78. The van der Waals surface area contributed by atoms with Crippen LogP contribution in [0.3, 0.4) is 0 Å². The van der Waals surface area contributed by atoms with E-state index >= 15 is 0 Å². The monoisotopic (exact) mass is 236 g/mol. The van der Waals surface area contributed by atoms with E-state index in [2.05, 4.69) is 14.6 Å². The van der Waals surface area contributed by atoms with Gasteiger partial charge >= 0.3 is 5.97 Å². The van der Waals surface area contributed by atoms with Crippen LogP contribution in [0, 0.1) is 6.92 Å². The molecule has 17 heavy (non-hydrogen) atoms. The van der Waals surface area contributed by atoms with E-state index in [9.17, 15) is 4.79 Å². The van der Waals surface area contributed by atoms with Crippen molar-refractivity contribution < 1.29 is 14.3 Å². The average molecular weight is 236 g/mol. The molecule has 0 aromatic carbocycles. The third kappa shape index (κ3) is 2.55. The van der Waals surface area contributed by atoms with Crippen LogP contribution < -0.4 is 4.90 Å². The number of pyridine rings is 1. The molecule has 0 aliphatic carbocycles. The van der Waals surface area contributed by atoms with Crippen molar-refractivity contribution in [2.24, 2.45) is 0 Å². The van der Waals surface area contributed by atoms with Gasteiger partial charge in [-0.1, -0.05) is 0 Å². The van der Waals surface area contributed by atoms with E-state index in [0.29, 0.717) is 5.56 Å². The lowest BCUT2D eigenvalue weighted by atomic mass is 10.2. The molecule has 0 saturated carbocycles. The highest BCUT2D eigenvalue weighted by Crippen LogP contribution is 2.19. The van der Waals surface area contributed by atoms with Crippen molar-refractivity contribution >= 4 is 11.8 Å². The van der Waals surface area contributed by atoms with Gasteiger partial charge in [0.1, 0.15) is 5.82 Å². The summed E-state index contributed by atoms with van der Waals surface area (Å²) in [5.74, 6) is 0.565. The molecule has 0 radical (unpaired) electrons. The summed E-state index contributed by atoms with van der Waals surface area (Å²) >= 11 is 0. The second-order valence-corrected chi connectivity index (χ2v) is 3.96. The number of aromatic nitrogens is 1. The molecule has 0 atom stereocenters. The van der Waals surface area contributed by atoms with Crippen LogP contribution in [0.15, 0.2) is 12.3 Å². The number of nitrogens with zero attached hydrogens (tertiary/aromatic N) is 2. The summed E-state index contributed by atoms with van der Waals surface area (Å²) in [6.45, 7) is 5.07. The zero-order chi connectivity index (χ0) is 12.3. The van der Waals surface area contributed by atoms with Crippen LogP contribution in [-0.2, 0) is 9.47 Å². The van der Waals surface area contributed by atoms with E-state index in [1.807, 2.05) is 13.0 Å². The van der Waals surface area contributed by atoms with Crippen molar-refractivity contribution in [1.29, 1.82) is 0 Å². The first-order valence-corrected chi connectivity index (χ1v) is 5.60. The number of hydrogen-bond acceptors (Lipinski definition) is 5. The summed E-state index contributed by atoms with van der Waals surface area (Å²) in [6, 6.07) is 1.81. The molecule has 5 nitrogen and oxygen atoms in total. The fourth-order valence-electron chi connectivity index (χ4n) is 1.90. The van der Waals surface area contributed by atoms with Gasteiger partial charge in [-0.05, 0) is 18.6 Å². The molecule has 1 aliphatic rings. The molecule has 0 spiro atoms. The summed E-state index contributed by atoms with van der Waals surface area (Å²) in [6.07, 6.45) is 1.56. The zero-order valence-corrected chi connectivity index (χ0v) is 10.1. The van der Waals surface area contributed by atoms with Crippen molar-refractivity contribution in [3.05, 3.63) is 23.4 Å². The van der Waals surface area contributed by atoms with Crippen LogP contribution in [0.1, 0.15) is 15.9 Å². The Bertz CT molecular complexity index is 414. The summed E-state index contributed by atoms with van der Waals surface area (Å²) in [4.78, 5) is 17.9. The SMILES string of the molecule is COC(=O)c1cnc(N2CCOCC2)c(C)c1. The summed E-state index contributed by atoms with van der Waals surface area (Å²) < 4.78 is 9.96. The maximum absolute atomic E-state index is 11.4. The van der Waals surface area contributed by atoms with Crippen molar-refractivity contribution in [2.45, 2.75) is 6.92 Å². The largest absolute Gasteiger partial charge is 0.465 e. The maximum Gasteiger partial charge on any atom is 0.339 e. The Morgan fingerprint density at radius 1 is 1.47 bits per heavy atom. The highest BCUT2D eigenvalue weighted by atomic mass is 16.5. The molecule has 0 amide bonds. The van der Waals surface area contributed by atoms with Gasteiger partial charge < -0.3 is 14.4 Å². The Morgan fingerprint density at radius 2 is 2.18 bits per heavy atom. The Morgan fingerprint density at radius 3 is 2.76 bits per heavy atom. The first-order valence-electron chi connectivity index (χ1n) is 5.60. The number of carbonyl (C=O) groups is 1. The van der Waals surface area contributed by atoms with Crippen LogP contribution in [-0.4, -0.2) is 44.4 Å². The van der Waals surface area contributed by atoms with Crippen molar-refractivity contribution in [2.75, 3.05) is 38.3 Å². The Hall–Kier alpha value is -1.62. The van der Waals surface area contributed by atoms with Crippen molar-refractivity contribution in [1.82, 2.24) is 4.98 Å². The second kappa shape index (κ2) is 5.14. The molecule has 1 saturated heterocycles. The van der Waals surface area contributed by atoms with Crippen LogP contribution in [0.25, 0.3) is 0 Å². The molecule has 2 rings (SSSR count). The van der Waals surface area contributed by atoms with Gasteiger partial charge in [0.15, 0.2) is 0 Å². The minimum absolute atomic E-state index is 0.353. The molecular formula is C12H16N2O3. The lowest BCUT2D eigenvalue weighted by Gasteiger charge is -2.29. The Balaban J connectivity index is 2.21. The minimum Gasteiger partial charge on any atom is -0.465 e. The molecule has 5 heteroatoms. The molecular weight excluding hydrogens is 220 g/mol. The van der Waals surface area contributed by atoms with Gasteiger partial charge in [0.2, 0.25) is 0 Å². The van der Waals surface area contributed by atoms with Crippen LogP contribution in [0.4, 0.5) is 5.82 Å². The zero-order valence-electron chi connectivity index (χ0n) is 10.1. The summed E-state index contributed by atoms with van der Waals surface area (Å²) in [7, 11) is 1.37. The number of methoxy groups -OCH3 is 1. The standard InChI is InChI=1S/C12H16N2O3/c1-9-7-10(12(15)16-2)8-13-11(9)14-3-5-17-6-4-14/h7-8H,3-6H2,1-2H3. The Labute approximate surface area is 100 Å². The van der Waals surface area contributed by atoms with E-state index < -0.39 is 0 Å². The number of rotatable bonds is 2. The highest BCUT2D eigenvalue weighted by Gasteiger charge is 2.16. The topological polar surface area (TPSA) is 51.7 Å². The van der Waals surface area contributed by atoms with Gasteiger partial charge in [0.25, 0.3) is 0 Å². The molecule has 1 aromatic rings. The van der Waals surface area contributed by atoms with Gasteiger partial charge in [0.05, 0.1) is 25.9 Å². The van der Waals surface area contributed by atoms with Gasteiger partial charge in [-0.25, -0.2) is 9.78 Å². The number of anilines is 1. The van der Waals surface area contributed by atoms with Gasteiger partial charge in [-0.2, -0.15) is 0 Å². The number of hydrogen-bond donors (Lipinski definition) is 0. The van der Waals surface area contributed by atoms with Crippen LogP contribution in [0.2, 0.25) is 0 Å². The summed E-state index contributed by atoms with van der Waals surface area (Å²) in [5.41, 5.74) is 1.47. The number of esters is 1. The van der Waals surface area contributed by atoms with Crippen LogP contribution in [0.5, 0.6) is 0 Å². The highest BCUT2D eigenvalue weighted by molar-refractivity contribution is 5.89.